The fraction of sp³-hybridized carbons (Fsp3) is 0.922. The molecule has 0 unspecified atom stereocenters. The quantitative estimate of drug-likeness (QED) is 0.260. The van der Waals surface area contributed by atoms with E-state index in [1.54, 1.807) is 6.20 Å². The van der Waals surface area contributed by atoms with Gasteiger partial charge in [-0.25, -0.2) is 17.6 Å². The molecule has 15 heteroatoms. The lowest BCUT2D eigenvalue weighted by Crippen LogP contribution is -2.47. The molecule has 2 aromatic rings. The second-order valence-electron chi connectivity index (χ2n) is 61.6. The summed E-state index contributed by atoms with van der Waals surface area (Å²) in [7, 11) is 6.41. The standard InChI is InChI=1S/C10H19F2N.C10H18F2.C10H22N2.C10H21N.2C10H20.C9H19NO.C9H13N.2C9H19N.C9H13N.C9H18.C7H17N.C7H14/c1-9(2,3)8-13-6-4-10(11,12)5-7-13;1-9(2,3)8-4-6-10(11,12)7-5-8;1-10(2,3)9-12-7-5-11(4)6-8-12;1-10(2,3)9-11-7-5-4-6-8-11;2*1-10(2,3)9-7-5-4-6-8-9;1-9(2,3)8-10-4-6-11-7-5-10;1-9(2,3)8-5-4-6-10-7-8;1-9(2,3)8-10-6-4-5-7-10;1-9(2,3)10-7-5-4-6-8-10;1-9(2,3)8-6-4-5-7-10-8;1-9(2,3)8-6-4-5-7-8;1-7(2,3)6-8(4)5;1-7(2,3)6-4-5-6/h4-8H2,1-3H3;8H,4-7H2,1-3H3;5-9H2,1-4H3;4-9H2,1-3H3;2*9H,4-8H2,1-3H3;4-8H2,1-3H3;4-7H,1-3H3;2*4-8H2,1-3H3;4-7H,1-3H3;8H,4-7H2,1-3H3;6H2,1-5H3;6H,4-5H2,1-3H3. The second-order valence-corrected chi connectivity index (χ2v) is 61.6. The van der Waals surface area contributed by atoms with Crippen molar-refractivity contribution in [2.45, 2.75) is 512 Å². The molecule has 0 atom stereocenters. The Morgan fingerprint density at radius 2 is 0.594 bits per heavy atom. The minimum absolute atomic E-state index is 0.0308. The van der Waals surface area contributed by atoms with Gasteiger partial charge < -0.3 is 34.1 Å². The molecule has 2 aromatic heterocycles. The van der Waals surface area contributed by atoms with Gasteiger partial charge in [0.1, 0.15) is 0 Å². The molecule has 13 rings (SSSR count). The Balaban J connectivity index is 0.00000152. The summed E-state index contributed by atoms with van der Waals surface area (Å²) in [5.41, 5.74) is 8.31. The van der Waals surface area contributed by atoms with Crippen LogP contribution in [0, 0.1) is 89.2 Å². The molecule has 11 aliphatic rings. The molecular formula is C128H252F4N10O. The highest BCUT2D eigenvalue weighted by Crippen LogP contribution is 2.46. The smallest absolute Gasteiger partial charge is 0.250 e. The number of pyridine rings is 2. The molecule has 0 bridgehead atoms. The maximum absolute atomic E-state index is 12.8. The molecule has 8 heterocycles. The molecule has 143 heavy (non-hydrogen) atoms. The topological polar surface area (TPSA) is 60.9 Å². The number of rotatable bonds is 6. The number of nitrogens with zero attached hydrogens (tertiary/aromatic N) is 10. The van der Waals surface area contributed by atoms with Crippen LogP contribution >= 0.6 is 0 Å². The Bertz CT molecular complexity index is 3190. The predicted molar refractivity (Wildman–Crippen MR) is 626 cm³/mol. The first-order valence-corrected chi connectivity index (χ1v) is 58.8. The number of hydrogen-bond donors (Lipinski definition) is 0. The van der Waals surface area contributed by atoms with Gasteiger partial charge in [0.05, 0.1) is 13.2 Å². The van der Waals surface area contributed by atoms with Crippen LogP contribution in [0.3, 0.4) is 0 Å². The van der Waals surface area contributed by atoms with Crippen molar-refractivity contribution in [2.24, 2.45) is 89.2 Å². The Morgan fingerprint density at radius 3 is 0.832 bits per heavy atom. The number of ether oxygens (including phenoxy) is 1. The van der Waals surface area contributed by atoms with Crippen LogP contribution in [0.25, 0.3) is 0 Å². The predicted octanol–water partition coefficient (Wildman–Crippen LogP) is 35.4. The number of likely N-dealkylation sites (N-methyl/N-ethyl adjacent to an activating group) is 1. The highest BCUT2D eigenvalue weighted by atomic mass is 19.3. The summed E-state index contributed by atoms with van der Waals surface area (Å²) in [6, 6.07) is 10.1. The van der Waals surface area contributed by atoms with Gasteiger partial charge in [0.2, 0.25) is 5.92 Å². The summed E-state index contributed by atoms with van der Waals surface area (Å²) in [5.74, 6) is -0.236. The van der Waals surface area contributed by atoms with Crippen LogP contribution in [0.4, 0.5) is 17.6 Å². The summed E-state index contributed by atoms with van der Waals surface area (Å²) >= 11 is 0. The lowest BCUT2D eigenvalue weighted by atomic mass is 9.71. The highest BCUT2D eigenvalue weighted by molar-refractivity contribution is 5.18. The number of piperazine rings is 1. The maximum Gasteiger partial charge on any atom is 0.250 e. The van der Waals surface area contributed by atoms with E-state index < -0.39 is 11.8 Å². The first kappa shape index (κ1) is 141. The van der Waals surface area contributed by atoms with Crippen LogP contribution in [-0.4, -0.2) is 232 Å². The van der Waals surface area contributed by atoms with E-state index >= 15 is 0 Å². The summed E-state index contributed by atoms with van der Waals surface area (Å²) in [6.07, 6.45) is 42.1. The molecule has 11 nitrogen and oxygen atoms in total. The third-order valence-electron chi connectivity index (χ3n) is 29.5. The van der Waals surface area contributed by atoms with Gasteiger partial charge in [-0.3, -0.25) is 19.8 Å². The Labute approximate surface area is 892 Å². The number of halogens is 4. The first-order valence-electron chi connectivity index (χ1n) is 58.8. The zero-order valence-electron chi connectivity index (χ0n) is 105. The van der Waals surface area contributed by atoms with Gasteiger partial charge in [-0.1, -0.05) is 346 Å². The van der Waals surface area contributed by atoms with Crippen LogP contribution in [0.1, 0.15) is 495 Å². The monoisotopic (exact) mass is 2020 g/mol. The van der Waals surface area contributed by atoms with E-state index in [1.807, 2.05) is 30.6 Å². The summed E-state index contributed by atoms with van der Waals surface area (Å²) < 4.78 is 56.4. The fourth-order valence-electron chi connectivity index (χ4n) is 20.9. The molecule has 848 valence electrons. The molecule has 0 radical (unpaired) electrons. The van der Waals surface area contributed by atoms with Crippen molar-refractivity contribution < 1.29 is 22.3 Å². The molecule has 0 amide bonds. The molecule has 0 aromatic carbocycles. The minimum atomic E-state index is -2.41. The molecular weight excluding hydrogens is 1770 g/mol. The zero-order valence-corrected chi connectivity index (χ0v) is 105. The van der Waals surface area contributed by atoms with Crippen molar-refractivity contribution >= 4 is 0 Å². The third-order valence-corrected chi connectivity index (χ3v) is 29.5. The van der Waals surface area contributed by atoms with Gasteiger partial charge in [0.25, 0.3) is 5.92 Å². The number of likely N-dealkylation sites (tertiary alicyclic amines) is 4. The molecule has 0 N–H and O–H groups in total. The SMILES string of the molecule is CC(C)(C)C1CC1.CC(C)(C)C1CCC(F)(F)CC1.CC(C)(C)C1CCCC1.CC(C)(C)C1CCCCC1.CC(C)(C)C1CCCCC1.CC(C)(C)CN1CCC(F)(F)CC1.CC(C)(C)CN1CCCC1.CC(C)(C)CN1CCCCC1.CC(C)(C)CN1CCOCC1.CC(C)(C)N1CCCCC1.CC(C)(C)c1ccccn1.CC(C)(C)c1cccnc1.CN(C)CC(C)(C)C.CN1CCN(CC(C)(C)C)CC1. The van der Waals surface area contributed by atoms with Crippen molar-refractivity contribution in [3.8, 4) is 0 Å². The van der Waals surface area contributed by atoms with Crippen LogP contribution < -0.4 is 0 Å². The molecule has 0 spiro atoms. The first-order chi connectivity index (χ1) is 65.0. The summed E-state index contributed by atoms with van der Waals surface area (Å²) in [4.78, 5) is 27.8. The Morgan fingerprint density at radius 1 is 0.301 bits per heavy atom. The Kier molecular flexibility index (Phi) is 64.9. The van der Waals surface area contributed by atoms with E-state index in [4.69, 9.17) is 4.74 Å². The lowest BCUT2D eigenvalue weighted by Gasteiger charge is -2.38. The van der Waals surface area contributed by atoms with E-state index in [0.717, 1.165) is 68.8 Å². The average Bonchev–Trinajstić information content (AvgIpc) is 1.81. The van der Waals surface area contributed by atoms with Crippen LogP contribution in [-0.2, 0) is 15.6 Å². The van der Waals surface area contributed by atoms with Crippen LogP contribution in [0.2, 0.25) is 0 Å². The van der Waals surface area contributed by atoms with Crippen molar-refractivity contribution in [1.29, 1.82) is 0 Å². The number of aromatic nitrogens is 2. The van der Waals surface area contributed by atoms with Crippen LogP contribution in [0.15, 0.2) is 48.9 Å². The lowest BCUT2D eigenvalue weighted by molar-refractivity contribution is -0.0597. The normalized spacial score (nSPS) is 21.0. The second kappa shape index (κ2) is 66.0. The fourth-order valence-corrected chi connectivity index (χ4v) is 20.9. The van der Waals surface area contributed by atoms with E-state index in [1.165, 1.54) is 251 Å². The van der Waals surface area contributed by atoms with E-state index in [-0.39, 0.29) is 47.3 Å². The minimum Gasteiger partial charge on any atom is -0.379 e. The number of piperidine rings is 3. The van der Waals surface area contributed by atoms with Gasteiger partial charge >= 0.3 is 0 Å². The van der Waals surface area contributed by atoms with Gasteiger partial charge in [-0.15, -0.1) is 0 Å². The van der Waals surface area contributed by atoms with Gasteiger partial charge in [0.15, 0.2) is 0 Å². The van der Waals surface area contributed by atoms with Crippen molar-refractivity contribution in [1.82, 2.24) is 49.2 Å². The summed E-state index contributed by atoms with van der Waals surface area (Å²) in [5, 5.41) is 0. The highest BCUT2D eigenvalue weighted by Gasteiger charge is 2.40. The molecule has 6 aliphatic heterocycles. The third kappa shape index (κ3) is 79.3. The molecule has 6 saturated heterocycles. The van der Waals surface area contributed by atoms with E-state index in [9.17, 15) is 17.6 Å². The van der Waals surface area contributed by atoms with Gasteiger partial charge in [-0.2, -0.15) is 0 Å². The molecule has 5 saturated carbocycles. The van der Waals surface area contributed by atoms with Crippen molar-refractivity contribution in [2.75, 3.05) is 165 Å². The number of alkyl halides is 4. The number of hydrogen-bond acceptors (Lipinski definition) is 11. The molecule has 11 fully saturated rings. The largest absolute Gasteiger partial charge is 0.379 e. The maximum atomic E-state index is 12.8. The van der Waals surface area contributed by atoms with Gasteiger partial charge in [-0.05, 0) is 302 Å². The molecule has 5 aliphatic carbocycles. The van der Waals surface area contributed by atoms with Gasteiger partial charge in [0, 0.05) is 153 Å². The van der Waals surface area contributed by atoms with Crippen molar-refractivity contribution in [3.63, 3.8) is 0 Å². The number of morpholine rings is 1. The van der Waals surface area contributed by atoms with Crippen molar-refractivity contribution in [3.05, 3.63) is 60.2 Å². The Hall–Kier alpha value is -2.34. The zero-order chi connectivity index (χ0) is 110. The van der Waals surface area contributed by atoms with E-state index in [0.29, 0.717) is 86.1 Å². The van der Waals surface area contributed by atoms with Crippen LogP contribution in [0.5, 0.6) is 0 Å². The van der Waals surface area contributed by atoms with E-state index in [2.05, 4.69) is 373 Å². The average molecular weight is 2020 g/mol. The summed E-state index contributed by atoms with van der Waals surface area (Å²) in [6.45, 7) is 121.